The summed E-state index contributed by atoms with van der Waals surface area (Å²) in [6, 6.07) is 1.17. The highest BCUT2D eigenvalue weighted by Gasteiger charge is 2.41. The van der Waals surface area contributed by atoms with E-state index in [1.165, 1.54) is 0 Å². The number of nitrogens with two attached hydrogens (primary N) is 1. The molecule has 0 saturated heterocycles. The highest BCUT2D eigenvalue weighted by atomic mass is 79.9. The molecule has 1 atom stereocenters. The molecule has 0 aliphatic heterocycles. The van der Waals surface area contributed by atoms with Gasteiger partial charge in [0, 0.05) is 5.56 Å². The maximum Gasteiger partial charge on any atom is 0.418 e. The van der Waals surface area contributed by atoms with Gasteiger partial charge in [-0.1, -0.05) is 0 Å². The molecule has 3 N–H and O–H groups in total. The number of carbonyl (C=O) groups excluding carboxylic acids is 1. The average molecular weight is 332 g/mol. The maximum absolute atomic E-state index is 13.1. The molecule has 4 nitrogen and oxygen atoms in total. The van der Waals surface area contributed by atoms with Crippen molar-refractivity contribution in [2.45, 2.75) is 12.3 Å². The summed E-state index contributed by atoms with van der Waals surface area (Å²) >= 11 is 2.70. The van der Waals surface area contributed by atoms with Gasteiger partial charge in [-0.3, -0.25) is 0 Å². The number of primary amides is 1. The van der Waals surface area contributed by atoms with Gasteiger partial charge in [-0.05, 0) is 28.1 Å². The summed E-state index contributed by atoms with van der Waals surface area (Å²) in [4.78, 5) is 10.5. The number of halogens is 5. The van der Waals surface area contributed by atoms with Crippen molar-refractivity contribution in [1.82, 2.24) is 0 Å². The van der Waals surface area contributed by atoms with E-state index in [2.05, 4.69) is 26.4 Å². The summed E-state index contributed by atoms with van der Waals surface area (Å²) in [5, 5.41) is 9.03. The third-order valence-electron chi connectivity index (χ3n) is 1.87. The summed E-state index contributed by atoms with van der Waals surface area (Å²) < 4.78 is 54.2. The van der Waals surface area contributed by atoms with Gasteiger partial charge in [0.1, 0.15) is 11.6 Å². The SMILES string of the molecule is NC(=O)Oc1cc(Br)c(F)cc1C(O)C(F)(F)F. The quantitative estimate of drug-likeness (QED) is 0.818. The zero-order valence-electron chi connectivity index (χ0n) is 8.46. The second-order valence-corrected chi connectivity index (χ2v) is 4.02. The summed E-state index contributed by atoms with van der Waals surface area (Å²) in [6.07, 6.45) is -9.41. The van der Waals surface area contributed by atoms with E-state index >= 15 is 0 Å². The molecule has 1 unspecified atom stereocenters. The number of carbonyl (C=O) groups is 1. The van der Waals surface area contributed by atoms with Gasteiger partial charge in [0.2, 0.25) is 0 Å². The Labute approximate surface area is 106 Å². The third kappa shape index (κ3) is 3.33. The molecule has 1 aromatic carbocycles. The van der Waals surface area contributed by atoms with Gasteiger partial charge in [0.25, 0.3) is 0 Å². The first-order valence-corrected chi connectivity index (χ1v) is 5.13. The molecule has 0 heterocycles. The topological polar surface area (TPSA) is 72.6 Å². The fraction of sp³-hybridized carbons (Fsp3) is 0.222. The van der Waals surface area contributed by atoms with Crippen molar-refractivity contribution >= 4 is 22.0 Å². The van der Waals surface area contributed by atoms with Crippen molar-refractivity contribution in [2.75, 3.05) is 0 Å². The predicted octanol–water partition coefficient (Wildman–Crippen LogP) is 2.64. The first-order chi connectivity index (χ1) is 8.12. The van der Waals surface area contributed by atoms with Crippen LogP contribution in [0.2, 0.25) is 0 Å². The van der Waals surface area contributed by atoms with Gasteiger partial charge < -0.3 is 15.6 Å². The second-order valence-electron chi connectivity index (χ2n) is 3.17. The molecular weight excluding hydrogens is 326 g/mol. The molecular formula is C9H6BrF4NO3. The lowest BCUT2D eigenvalue weighted by molar-refractivity contribution is -0.207. The van der Waals surface area contributed by atoms with Crippen molar-refractivity contribution in [3.8, 4) is 5.75 Å². The fourth-order valence-electron chi connectivity index (χ4n) is 1.13. The zero-order valence-corrected chi connectivity index (χ0v) is 10.0. The molecule has 1 rings (SSSR count). The number of amides is 1. The van der Waals surface area contributed by atoms with Gasteiger partial charge in [-0.2, -0.15) is 13.2 Å². The number of benzene rings is 1. The second kappa shape index (κ2) is 5.11. The van der Waals surface area contributed by atoms with Crippen molar-refractivity contribution in [3.05, 3.63) is 28.0 Å². The lowest BCUT2D eigenvalue weighted by Crippen LogP contribution is -2.23. The highest BCUT2D eigenvalue weighted by molar-refractivity contribution is 9.10. The molecule has 0 fully saturated rings. The minimum atomic E-state index is -5.03. The highest BCUT2D eigenvalue weighted by Crippen LogP contribution is 2.39. The molecule has 0 aliphatic carbocycles. The number of hydrogen-bond acceptors (Lipinski definition) is 3. The zero-order chi connectivity index (χ0) is 14.1. The molecule has 1 aromatic rings. The van der Waals surface area contributed by atoms with Gasteiger partial charge >= 0.3 is 12.3 Å². The van der Waals surface area contributed by atoms with Crippen molar-refractivity contribution in [3.63, 3.8) is 0 Å². The maximum atomic E-state index is 13.1. The number of rotatable bonds is 2. The van der Waals surface area contributed by atoms with Gasteiger partial charge in [-0.15, -0.1) is 0 Å². The minimum absolute atomic E-state index is 0.239. The van der Waals surface area contributed by atoms with Crippen LogP contribution in [0, 0.1) is 5.82 Å². The van der Waals surface area contributed by atoms with Crippen LogP contribution in [0.25, 0.3) is 0 Å². The number of aliphatic hydroxyl groups is 1. The van der Waals surface area contributed by atoms with Crippen LogP contribution in [0.15, 0.2) is 16.6 Å². The third-order valence-corrected chi connectivity index (χ3v) is 2.48. The fourth-order valence-corrected chi connectivity index (χ4v) is 1.45. The lowest BCUT2D eigenvalue weighted by atomic mass is 10.1. The molecule has 0 spiro atoms. The van der Waals surface area contributed by atoms with Crippen LogP contribution >= 0.6 is 15.9 Å². The lowest BCUT2D eigenvalue weighted by Gasteiger charge is -2.18. The Balaban J connectivity index is 3.31. The largest absolute Gasteiger partial charge is 0.418 e. The normalized spacial score (nSPS) is 13.2. The summed E-state index contributed by atoms with van der Waals surface area (Å²) in [5.74, 6) is -1.73. The Bertz CT molecular complexity index is 478. The summed E-state index contributed by atoms with van der Waals surface area (Å²) in [5.41, 5.74) is 3.72. The molecule has 0 aromatic heterocycles. The van der Waals surface area contributed by atoms with E-state index in [1.807, 2.05) is 0 Å². The first-order valence-electron chi connectivity index (χ1n) is 4.34. The van der Waals surface area contributed by atoms with E-state index in [0.29, 0.717) is 6.07 Å². The van der Waals surface area contributed by atoms with Gasteiger partial charge in [0.05, 0.1) is 4.47 Å². The molecule has 18 heavy (non-hydrogen) atoms. The minimum Gasteiger partial charge on any atom is -0.410 e. The number of alkyl halides is 3. The van der Waals surface area contributed by atoms with Crippen molar-refractivity contribution in [2.24, 2.45) is 5.73 Å². The Morgan fingerprint density at radius 2 is 2.00 bits per heavy atom. The van der Waals surface area contributed by atoms with Crippen LogP contribution < -0.4 is 10.5 Å². The molecule has 100 valence electrons. The molecule has 0 aliphatic rings. The molecule has 1 amide bonds. The molecule has 0 saturated carbocycles. The van der Waals surface area contributed by atoms with E-state index in [-0.39, 0.29) is 4.47 Å². The number of aliphatic hydroxyl groups excluding tert-OH is 1. The van der Waals surface area contributed by atoms with Crippen molar-refractivity contribution in [1.29, 1.82) is 0 Å². The van der Waals surface area contributed by atoms with Crippen LogP contribution in [-0.2, 0) is 0 Å². The molecule has 0 radical (unpaired) electrons. The first kappa shape index (κ1) is 14.7. The van der Waals surface area contributed by atoms with E-state index < -0.39 is 35.5 Å². The number of hydrogen-bond donors (Lipinski definition) is 2. The van der Waals surface area contributed by atoms with E-state index in [9.17, 15) is 22.4 Å². The van der Waals surface area contributed by atoms with Crippen LogP contribution in [-0.4, -0.2) is 17.4 Å². The van der Waals surface area contributed by atoms with Crippen LogP contribution in [0.1, 0.15) is 11.7 Å². The Kier molecular flexibility index (Phi) is 4.17. The van der Waals surface area contributed by atoms with Crippen LogP contribution in [0.5, 0.6) is 5.75 Å². The van der Waals surface area contributed by atoms with Crippen LogP contribution in [0.3, 0.4) is 0 Å². The molecule has 9 heteroatoms. The van der Waals surface area contributed by atoms with Gasteiger partial charge in [0.15, 0.2) is 6.10 Å². The van der Waals surface area contributed by atoms with Crippen LogP contribution in [0.4, 0.5) is 22.4 Å². The molecule has 0 bridgehead atoms. The Morgan fingerprint density at radius 1 is 1.44 bits per heavy atom. The Hall–Kier alpha value is -1.35. The van der Waals surface area contributed by atoms with E-state index in [4.69, 9.17) is 5.11 Å². The van der Waals surface area contributed by atoms with Crippen molar-refractivity contribution < 1.29 is 32.2 Å². The monoisotopic (exact) mass is 331 g/mol. The predicted molar refractivity (Wildman–Crippen MR) is 55.3 cm³/mol. The van der Waals surface area contributed by atoms with E-state index in [1.54, 1.807) is 0 Å². The number of ether oxygens (including phenoxy) is 1. The smallest absolute Gasteiger partial charge is 0.410 e. The Morgan fingerprint density at radius 3 is 2.44 bits per heavy atom. The average Bonchev–Trinajstić information content (AvgIpc) is 2.20. The van der Waals surface area contributed by atoms with E-state index in [0.717, 1.165) is 6.07 Å². The summed E-state index contributed by atoms with van der Waals surface area (Å²) in [7, 11) is 0. The standard InChI is InChI=1S/C9H6BrF4NO3/c10-4-2-6(18-8(15)17)3(1-5(4)11)7(16)9(12,13)14/h1-2,7,16H,(H2,15,17). The summed E-state index contributed by atoms with van der Waals surface area (Å²) in [6.45, 7) is 0. The van der Waals surface area contributed by atoms with Gasteiger partial charge in [-0.25, -0.2) is 9.18 Å².